The zero-order valence-corrected chi connectivity index (χ0v) is 11.5. The molecular formula is C14H28N2O. The molecule has 2 atom stereocenters. The van der Waals surface area contributed by atoms with Crippen LogP contribution in [0.4, 0.5) is 0 Å². The van der Waals surface area contributed by atoms with Crippen molar-refractivity contribution in [2.24, 2.45) is 17.6 Å². The first-order chi connectivity index (χ1) is 8.00. The molecule has 17 heavy (non-hydrogen) atoms. The lowest BCUT2D eigenvalue weighted by Crippen LogP contribution is -2.47. The molecule has 1 aliphatic rings. The molecule has 3 N–H and O–H groups in total. The molecule has 0 aromatic rings. The summed E-state index contributed by atoms with van der Waals surface area (Å²) in [6.45, 7) is 6.31. The van der Waals surface area contributed by atoms with E-state index in [1.807, 2.05) is 0 Å². The minimum atomic E-state index is -0.346. The van der Waals surface area contributed by atoms with Crippen LogP contribution in [0.1, 0.15) is 59.3 Å². The monoisotopic (exact) mass is 240 g/mol. The highest BCUT2D eigenvalue weighted by molar-refractivity contribution is 5.81. The Hall–Kier alpha value is -0.570. The third-order valence-electron chi connectivity index (χ3n) is 3.79. The van der Waals surface area contributed by atoms with Crippen LogP contribution >= 0.6 is 0 Å². The molecule has 100 valence electrons. The summed E-state index contributed by atoms with van der Waals surface area (Å²) < 4.78 is 0. The zero-order valence-electron chi connectivity index (χ0n) is 11.5. The van der Waals surface area contributed by atoms with E-state index in [1.165, 1.54) is 32.1 Å². The highest BCUT2D eigenvalue weighted by Gasteiger charge is 2.23. The van der Waals surface area contributed by atoms with Crippen molar-refractivity contribution < 1.29 is 4.79 Å². The second-order valence-corrected chi connectivity index (χ2v) is 5.93. The molecule has 0 spiro atoms. The Bertz CT molecular complexity index is 234. The van der Waals surface area contributed by atoms with E-state index in [1.54, 1.807) is 0 Å². The second kappa shape index (κ2) is 7.00. The van der Waals surface area contributed by atoms with Crippen molar-refractivity contribution in [1.82, 2.24) is 5.32 Å². The summed E-state index contributed by atoms with van der Waals surface area (Å²) in [5.41, 5.74) is 5.88. The molecule has 1 fully saturated rings. The topological polar surface area (TPSA) is 55.1 Å². The van der Waals surface area contributed by atoms with Crippen LogP contribution in [-0.4, -0.2) is 18.0 Å². The molecule has 0 heterocycles. The molecule has 0 radical (unpaired) electrons. The van der Waals surface area contributed by atoms with Gasteiger partial charge in [0.05, 0.1) is 6.04 Å². The molecule has 3 nitrogen and oxygen atoms in total. The third kappa shape index (κ3) is 5.07. The van der Waals surface area contributed by atoms with Gasteiger partial charge in [-0.3, -0.25) is 4.79 Å². The Kier molecular flexibility index (Phi) is 5.96. The maximum absolute atomic E-state index is 11.9. The van der Waals surface area contributed by atoms with E-state index in [0.29, 0.717) is 11.8 Å². The lowest BCUT2D eigenvalue weighted by atomic mass is 9.84. The number of nitrogens with two attached hydrogens (primary N) is 1. The summed E-state index contributed by atoms with van der Waals surface area (Å²) in [6.07, 6.45) is 7.24. The molecule has 0 saturated heterocycles. The molecule has 1 rings (SSSR count). The Morgan fingerprint density at radius 3 is 2.35 bits per heavy atom. The van der Waals surface area contributed by atoms with Gasteiger partial charge in [-0.2, -0.15) is 0 Å². The minimum Gasteiger partial charge on any atom is -0.352 e. The SMILES string of the molecule is CC(C)CC(N)C(=O)N[C@@H](C)C1CCCCC1. The van der Waals surface area contributed by atoms with E-state index in [4.69, 9.17) is 5.73 Å². The molecule has 0 aromatic carbocycles. The van der Waals surface area contributed by atoms with Gasteiger partial charge in [-0.1, -0.05) is 33.1 Å². The fourth-order valence-electron chi connectivity index (χ4n) is 2.70. The Balaban J connectivity index is 2.33. The molecule has 1 saturated carbocycles. The van der Waals surface area contributed by atoms with Crippen molar-refractivity contribution in [3.05, 3.63) is 0 Å². The highest BCUT2D eigenvalue weighted by Crippen LogP contribution is 2.26. The third-order valence-corrected chi connectivity index (χ3v) is 3.79. The molecule has 1 unspecified atom stereocenters. The Morgan fingerprint density at radius 1 is 1.24 bits per heavy atom. The summed E-state index contributed by atoms with van der Waals surface area (Å²) in [5, 5.41) is 3.09. The zero-order chi connectivity index (χ0) is 12.8. The van der Waals surface area contributed by atoms with Gasteiger partial charge in [0.2, 0.25) is 5.91 Å². The summed E-state index contributed by atoms with van der Waals surface area (Å²) in [4.78, 5) is 11.9. The minimum absolute atomic E-state index is 0.0248. The fourth-order valence-corrected chi connectivity index (χ4v) is 2.70. The van der Waals surface area contributed by atoms with Gasteiger partial charge in [-0.25, -0.2) is 0 Å². The molecule has 0 bridgehead atoms. The average molecular weight is 240 g/mol. The number of rotatable bonds is 5. The fraction of sp³-hybridized carbons (Fsp3) is 0.929. The Labute approximate surface area is 106 Å². The van der Waals surface area contributed by atoms with Crippen molar-refractivity contribution >= 4 is 5.91 Å². The summed E-state index contributed by atoms with van der Waals surface area (Å²) >= 11 is 0. The first-order valence-corrected chi connectivity index (χ1v) is 7.06. The van der Waals surface area contributed by atoms with Crippen LogP contribution in [0.2, 0.25) is 0 Å². The van der Waals surface area contributed by atoms with Gasteiger partial charge in [-0.15, -0.1) is 0 Å². The van der Waals surface area contributed by atoms with Gasteiger partial charge in [0.25, 0.3) is 0 Å². The quantitative estimate of drug-likeness (QED) is 0.775. The van der Waals surface area contributed by atoms with Gasteiger partial charge >= 0.3 is 0 Å². The smallest absolute Gasteiger partial charge is 0.237 e. The lowest BCUT2D eigenvalue weighted by molar-refractivity contribution is -0.123. The van der Waals surface area contributed by atoms with Gasteiger partial charge in [-0.05, 0) is 38.0 Å². The van der Waals surface area contributed by atoms with E-state index in [2.05, 4.69) is 26.1 Å². The van der Waals surface area contributed by atoms with Crippen LogP contribution in [0, 0.1) is 11.8 Å². The molecule has 3 heteroatoms. The summed E-state index contributed by atoms with van der Waals surface area (Å²) in [7, 11) is 0. The van der Waals surface area contributed by atoms with E-state index < -0.39 is 0 Å². The number of amides is 1. The van der Waals surface area contributed by atoms with Gasteiger partial charge in [0.1, 0.15) is 0 Å². The van der Waals surface area contributed by atoms with Crippen molar-refractivity contribution in [1.29, 1.82) is 0 Å². The van der Waals surface area contributed by atoms with Crippen LogP contribution in [0.15, 0.2) is 0 Å². The number of carbonyl (C=O) groups excluding carboxylic acids is 1. The predicted octanol–water partition coefficient (Wildman–Crippen LogP) is 2.44. The van der Waals surface area contributed by atoms with E-state index in [-0.39, 0.29) is 18.0 Å². The molecule has 1 aliphatic carbocycles. The normalized spacial score (nSPS) is 21.2. The second-order valence-electron chi connectivity index (χ2n) is 5.93. The van der Waals surface area contributed by atoms with Crippen molar-refractivity contribution in [3.63, 3.8) is 0 Å². The highest BCUT2D eigenvalue weighted by atomic mass is 16.2. The number of hydrogen-bond acceptors (Lipinski definition) is 2. The Morgan fingerprint density at radius 2 is 1.82 bits per heavy atom. The van der Waals surface area contributed by atoms with Gasteiger partial charge in [0, 0.05) is 6.04 Å². The van der Waals surface area contributed by atoms with Crippen molar-refractivity contribution in [3.8, 4) is 0 Å². The van der Waals surface area contributed by atoms with Crippen LogP contribution < -0.4 is 11.1 Å². The van der Waals surface area contributed by atoms with Crippen LogP contribution in [-0.2, 0) is 4.79 Å². The predicted molar refractivity (Wildman–Crippen MR) is 71.6 cm³/mol. The summed E-state index contributed by atoms with van der Waals surface area (Å²) in [6, 6.07) is -0.0675. The largest absolute Gasteiger partial charge is 0.352 e. The maximum Gasteiger partial charge on any atom is 0.237 e. The van der Waals surface area contributed by atoms with Gasteiger partial charge in [0.15, 0.2) is 0 Å². The average Bonchev–Trinajstić information content (AvgIpc) is 2.29. The van der Waals surface area contributed by atoms with E-state index in [0.717, 1.165) is 6.42 Å². The standard InChI is InChI=1S/C14H28N2O/c1-10(2)9-13(15)14(17)16-11(3)12-7-5-4-6-8-12/h10-13H,4-9,15H2,1-3H3,(H,16,17)/t11-,13?/m0/s1. The van der Waals surface area contributed by atoms with Crippen molar-refractivity contribution in [2.75, 3.05) is 0 Å². The number of carbonyl (C=O) groups is 1. The van der Waals surface area contributed by atoms with E-state index >= 15 is 0 Å². The first kappa shape index (κ1) is 14.5. The van der Waals surface area contributed by atoms with Crippen LogP contribution in [0.5, 0.6) is 0 Å². The van der Waals surface area contributed by atoms with Crippen LogP contribution in [0.25, 0.3) is 0 Å². The van der Waals surface area contributed by atoms with E-state index in [9.17, 15) is 4.79 Å². The van der Waals surface area contributed by atoms with Crippen molar-refractivity contribution in [2.45, 2.75) is 71.4 Å². The molecule has 0 aromatic heterocycles. The van der Waals surface area contributed by atoms with Gasteiger partial charge < -0.3 is 11.1 Å². The molecule has 1 amide bonds. The summed E-state index contributed by atoms with van der Waals surface area (Å²) in [5.74, 6) is 1.15. The first-order valence-electron chi connectivity index (χ1n) is 7.06. The number of nitrogens with one attached hydrogen (secondary N) is 1. The van der Waals surface area contributed by atoms with Crippen LogP contribution in [0.3, 0.4) is 0 Å². The maximum atomic E-state index is 11.9. The lowest BCUT2D eigenvalue weighted by Gasteiger charge is -2.29. The molecule has 0 aliphatic heterocycles. The molecular weight excluding hydrogens is 212 g/mol. The number of hydrogen-bond donors (Lipinski definition) is 2.